The van der Waals surface area contributed by atoms with Crippen LogP contribution in [0.15, 0.2) is 48.5 Å². The highest BCUT2D eigenvalue weighted by atomic mass is 16.3. The largest absolute Gasteiger partial charge is 0.392 e. The highest BCUT2D eigenvalue weighted by Crippen LogP contribution is 2.46. The molecule has 2 aromatic rings. The first-order valence-electron chi connectivity index (χ1n) is 8.78. The smallest absolute Gasteiger partial charge is 0.0639 e. The molecule has 0 aromatic heterocycles. The minimum absolute atomic E-state index is 0.0137. The molecule has 3 rings (SSSR count). The number of rotatable bonds is 2. The van der Waals surface area contributed by atoms with Gasteiger partial charge in [0.2, 0.25) is 0 Å². The van der Waals surface area contributed by atoms with Crippen molar-refractivity contribution in [2.45, 2.75) is 58.0 Å². The van der Waals surface area contributed by atoms with Gasteiger partial charge in [-0.05, 0) is 46.6 Å². The molecule has 2 aromatic carbocycles. The molecule has 0 saturated heterocycles. The third-order valence-corrected chi connectivity index (χ3v) is 5.62. The van der Waals surface area contributed by atoms with Crippen LogP contribution in [0, 0.1) is 0 Å². The summed E-state index contributed by atoms with van der Waals surface area (Å²) in [6.07, 6.45) is 2.72. The molecule has 0 radical (unpaired) electrons. The fourth-order valence-corrected chi connectivity index (χ4v) is 3.82. The standard InChI is InChI=1S/C23H28O/c1-16(13-17-9-7-6-8-10-17)18-11-12-19-20(14-18)23(4,5)21(24)15-22(19,2)3/h6-14,21,24H,15H2,1-5H3/b16-13+. The Morgan fingerprint density at radius 1 is 1.00 bits per heavy atom. The van der Waals surface area contributed by atoms with Gasteiger partial charge in [0, 0.05) is 5.41 Å². The Balaban J connectivity index is 2.08. The van der Waals surface area contributed by atoms with E-state index in [4.69, 9.17) is 0 Å². The Morgan fingerprint density at radius 2 is 1.67 bits per heavy atom. The molecule has 1 N–H and O–H groups in total. The van der Waals surface area contributed by atoms with Crippen molar-refractivity contribution in [3.8, 4) is 0 Å². The van der Waals surface area contributed by atoms with Crippen LogP contribution in [0.25, 0.3) is 11.6 Å². The van der Waals surface area contributed by atoms with Crippen molar-refractivity contribution < 1.29 is 5.11 Å². The zero-order valence-corrected chi connectivity index (χ0v) is 15.4. The lowest BCUT2D eigenvalue weighted by atomic mass is 9.61. The van der Waals surface area contributed by atoms with E-state index >= 15 is 0 Å². The first-order valence-corrected chi connectivity index (χ1v) is 8.78. The Morgan fingerprint density at radius 3 is 2.33 bits per heavy atom. The molecule has 1 heteroatoms. The summed E-state index contributed by atoms with van der Waals surface area (Å²) in [7, 11) is 0. The molecule has 1 nitrogen and oxygen atoms in total. The molecule has 126 valence electrons. The van der Waals surface area contributed by atoms with Crippen LogP contribution in [0.5, 0.6) is 0 Å². The van der Waals surface area contributed by atoms with Crippen molar-refractivity contribution in [3.63, 3.8) is 0 Å². The van der Waals surface area contributed by atoms with Gasteiger partial charge in [-0.1, -0.05) is 82.3 Å². The van der Waals surface area contributed by atoms with Crippen LogP contribution in [0.4, 0.5) is 0 Å². The topological polar surface area (TPSA) is 20.2 Å². The van der Waals surface area contributed by atoms with Crippen LogP contribution in [0.1, 0.15) is 63.3 Å². The second-order valence-corrected chi connectivity index (χ2v) is 8.32. The van der Waals surface area contributed by atoms with E-state index in [1.54, 1.807) is 0 Å². The molecule has 0 fully saturated rings. The molecule has 1 aliphatic carbocycles. The Bertz CT molecular complexity index is 766. The average molecular weight is 320 g/mol. The molecular weight excluding hydrogens is 292 g/mol. The van der Waals surface area contributed by atoms with Crippen LogP contribution >= 0.6 is 0 Å². The minimum atomic E-state index is -0.311. The molecule has 1 aliphatic rings. The van der Waals surface area contributed by atoms with E-state index < -0.39 is 0 Å². The zero-order valence-electron chi connectivity index (χ0n) is 15.4. The lowest BCUT2D eigenvalue weighted by Gasteiger charge is -2.45. The van der Waals surface area contributed by atoms with Gasteiger partial charge >= 0.3 is 0 Å². The average Bonchev–Trinajstić information content (AvgIpc) is 2.53. The highest BCUT2D eigenvalue weighted by Gasteiger charge is 2.43. The second kappa shape index (κ2) is 5.89. The van der Waals surface area contributed by atoms with Gasteiger partial charge in [-0.15, -0.1) is 0 Å². The van der Waals surface area contributed by atoms with E-state index in [0.717, 1.165) is 6.42 Å². The summed E-state index contributed by atoms with van der Waals surface area (Å²) in [5.41, 5.74) is 6.15. The fourth-order valence-electron chi connectivity index (χ4n) is 3.82. The van der Waals surface area contributed by atoms with Gasteiger partial charge in [-0.3, -0.25) is 0 Å². The predicted octanol–water partition coefficient (Wildman–Crippen LogP) is 5.57. The van der Waals surface area contributed by atoms with E-state index in [2.05, 4.69) is 83.2 Å². The molecular formula is C23H28O. The maximum absolute atomic E-state index is 10.7. The summed E-state index contributed by atoms with van der Waals surface area (Å²) >= 11 is 0. The lowest BCUT2D eigenvalue weighted by Crippen LogP contribution is -2.45. The highest BCUT2D eigenvalue weighted by molar-refractivity contribution is 5.80. The third-order valence-electron chi connectivity index (χ3n) is 5.62. The summed E-state index contributed by atoms with van der Waals surface area (Å²) in [4.78, 5) is 0. The van der Waals surface area contributed by atoms with Crippen LogP contribution < -0.4 is 0 Å². The molecule has 0 heterocycles. The van der Waals surface area contributed by atoms with E-state index in [-0.39, 0.29) is 16.9 Å². The SMILES string of the molecule is C/C(=C\c1ccccc1)c1ccc2c(c1)C(C)(C)C(O)CC2(C)C. The summed E-state index contributed by atoms with van der Waals surface area (Å²) in [5.74, 6) is 0. The van der Waals surface area contributed by atoms with Crippen LogP contribution in [0.2, 0.25) is 0 Å². The molecule has 24 heavy (non-hydrogen) atoms. The maximum Gasteiger partial charge on any atom is 0.0639 e. The first-order chi connectivity index (χ1) is 11.2. The normalized spacial score (nSPS) is 22.1. The van der Waals surface area contributed by atoms with Gasteiger partial charge < -0.3 is 5.11 Å². The monoisotopic (exact) mass is 320 g/mol. The number of hydrogen-bond acceptors (Lipinski definition) is 1. The fraction of sp³-hybridized carbons (Fsp3) is 0.391. The lowest BCUT2D eigenvalue weighted by molar-refractivity contribution is 0.0583. The predicted molar refractivity (Wildman–Crippen MR) is 103 cm³/mol. The van der Waals surface area contributed by atoms with Gasteiger partial charge in [-0.25, -0.2) is 0 Å². The first kappa shape index (κ1) is 17.0. The van der Waals surface area contributed by atoms with Gasteiger partial charge in [0.25, 0.3) is 0 Å². The van der Waals surface area contributed by atoms with Crippen molar-refractivity contribution >= 4 is 11.6 Å². The maximum atomic E-state index is 10.7. The van der Waals surface area contributed by atoms with Crippen molar-refractivity contribution in [1.29, 1.82) is 0 Å². The van der Waals surface area contributed by atoms with E-state index in [1.165, 1.54) is 27.8 Å². The third kappa shape index (κ3) is 2.93. The van der Waals surface area contributed by atoms with E-state index in [9.17, 15) is 5.11 Å². The summed E-state index contributed by atoms with van der Waals surface area (Å²) < 4.78 is 0. The zero-order chi connectivity index (χ0) is 17.5. The van der Waals surface area contributed by atoms with Gasteiger partial charge in [-0.2, -0.15) is 0 Å². The minimum Gasteiger partial charge on any atom is -0.392 e. The van der Waals surface area contributed by atoms with E-state index in [1.807, 2.05) is 6.07 Å². The van der Waals surface area contributed by atoms with Crippen molar-refractivity contribution in [3.05, 3.63) is 70.8 Å². The van der Waals surface area contributed by atoms with Crippen LogP contribution in [0.3, 0.4) is 0 Å². The van der Waals surface area contributed by atoms with Crippen molar-refractivity contribution in [2.24, 2.45) is 0 Å². The Labute approximate surface area is 146 Å². The van der Waals surface area contributed by atoms with Gasteiger partial charge in [0.05, 0.1) is 6.10 Å². The molecule has 0 amide bonds. The molecule has 1 unspecified atom stereocenters. The van der Waals surface area contributed by atoms with Gasteiger partial charge in [0.15, 0.2) is 0 Å². The number of benzene rings is 2. The van der Waals surface area contributed by atoms with Crippen LogP contribution in [-0.2, 0) is 10.8 Å². The summed E-state index contributed by atoms with van der Waals surface area (Å²) in [6.45, 7) is 10.9. The number of hydrogen-bond donors (Lipinski definition) is 1. The molecule has 1 atom stereocenters. The van der Waals surface area contributed by atoms with Crippen molar-refractivity contribution in [2.75, 3.05) is 0 Å². The molecule has 0 saturated carbocycles. The molecule has 0 spiro atoms. The molecule has 0 aliphatic heterocycles. The summed E-state index contributed by atoms with van der Waals surface area (Å²) in [6, 6.07) is 17.2. The quantitative estimate of drug-likeness (QED) is 0.718. The number of aliphatic hydroxyl groups is 1. The number of fused-ring (bicyclic) bond motifs is 1. The molecule has 0 bridgehead atoms. The van der Waals surface area contributed by atoms with Crippen molar-refractivity contribution in [1.82, 2.24) is 0 Å². The van der Waals surface area contributed by atoms with Crippen LogP contribution in [-0.4, -0.2) is 11.2 Å². The van der Waals surface area contributed by atoms with Gasteiger partial charge in [0.1, 0.15) is 0 Å². The van der Waals surface area contributed by atoms with E-state index in [0.29, 0.717) is 0 Å². The summed E-state index contributed by atoms with van der Waals surface area (Å²) in [5, 5.41) is 10.7. The Hall–Kier alpha value is -1.86. The number of allylic oxidation sites excluding steroid dienone is 1. The Kier molecular flexibility index (Phi) is 4.17. The number of aliphatic hydroxyl groups excluding tert-OH is 1. The second-order valence-electron chi connectivity index (χ2n) is 8.32.